The molecule has 2 heteroatoms. The molecule has 0 saturated heterocycles. The monoisotopic (exact) mass is 274 g/mol. The lowest BCUT2D eigenvalue weighted by atomic mass is 10.4. The summed E-state index contributed by atoms with van der Waals surface area (Å²) in [5.41, 5.74) is 0. The Morgan fingerprint density at radius 3 is 1.72 bits per heavy atom. The number of rotatable bonds is 5. The minimum Gasteiger partial charge on any atom is -0.129 e. The van der Waals surface area contributed by atoms with Gasteiger partial charge in [0, 0.05) is 5.40 Å². The highest BCUT2D eigenvalue weighted by atomic mass is 31.2. The maximum atomic E-state index is 3.07. The third-order valence-electron chi connectivity index (χ3n) is 2.98. The zero-order chi connectivity index (χ0) is 12.8. The quantitative estimate of drug-likeness (QED) is 0.719. The molecule has 0 bridgehead atoms. The molecular formula is C16H20P2. The molecule has 2 aromatic carbocycles. The van der Waals surface area contributed by atoms with E-state index in [0.29, 0.717) is 5.40 Å². The number of hydrogen-bond acceptors (Lipinski definition) is 0. The van der Waals surface area contributed by atoms with Crippen molar-refractivity contribution in [2.24, 2.45) is 0 Å². The minimum atomic E-state index is -0.255. The van der Waals surface area contributed by atoms with Crippen molar-refractivity contribution in [1.82, 2.24) is 0 Å². The smallest absolute Gasteiger partial charge is 0.00178 e. The van der Waals surface area contributed by atoms with E-state index in [2.05, 4.69) is 76.8 Å². The Hall–Kier alpha value is -0.700. The van der Waals surface area contributed by atoms with Crippen LogP contribution in [0.2, 0.25) is 0 Å². The van der Waals surface area contributed by atoms with Crippen LogP contribution in [0.5, 0.6) is 0 Å². The van der Waals surface area contributed by atoms with Crippen LogP contribution in [-0.2, 0) is 0 Å². The Bertz CT molecular complexity index is 414. The Morgan fingerprint density at radius 2 is 1.33 bits per heavy atom. The van der Waals surface area contributed by atoms with E-state index in [9.17, 15) is 0 Å². The van der Waals surface area contributed by atoms with Gasteiger partial charge in [0.25, 0.3) is 0 Å². The first-order valence-electron chi connectivity index (χ1n) is 6.48. The van der Waals surface area contributed by atoms with Crippen LogP contribution in [0.3, 0.4) is 0 Å². The van der Waals surface area contributed by atoms with Crippen LogP contribution in [0.15, 0.2) is 60.7 Å². The largest absolute Gasteiger partial charge is 0.129 e. The van der Waals surface area contributed by atoms with E-state index in [-0.39, 0.29) is 7.92 Å². The summed E-state index contributed by atoms with van der Waals surface area (Å²) >= 11 is 0. The minimum absolute atomic E-state index is 0.255. The molecule has 0 saturated carbocycles. The van der Waals surface area contributed by atoms with E-state index in [1.54, 1.807) is 0 Å². The molecule has 0 aliphatic carbocycles. The lowest BCUT2D eigenvalue weighted by molar-refractivity contribution is 0.867. The maximum absolute atomic E-state index is 3.07. The molecule has 0 amide bonds. The highest BCUT2D eigenvalue weighted by Crippen LogP contribution is 2.44. The molecule has 0 aromatic heterocycles. The summed E-state index contributed by atoms with van der Waals surface area (Å²) in [5, 5.41) is 3.62. The molecule has 2 atom stereocenters. The first-order valence-corrected chi connectivity index (χ1v) is 8.55. The van der Waals surface area contributed by atoms with Gasteiger partial charge >= 0.3 is 0 Å². The van der Waals surface area contributed by atoms with Gasteiger partial charge in [0.2, 0.25) is 0 Å². The van der Waals surface area contributed by atoms with Gasteiger partial charge in [-0.1, -0.05) is 74.0 Å². The standard InChI is InChI=1S/C16H20P2/c1-2-9-16(17)18(14-10-5-3-6-11-14)15-12-7-4-8-13-15/h3-8,10-13,16H,2,9,17H2,1H3. The second kappa shape index (κ2) is 7.03. The van der Waals surface area contributed by atoms with Crippen LogP contribution >= 0.6 is 17.2 Å². The van der Waals surface area contributed by atoms with Crippen molar-refractivity contribution in [3.63, 3.8) is 0 Å². The van der Waals surface area contributed by atoms with Gasteiger partial charge in [0.05, 0.1) is 0 Å². The average Bonchev–Trinajstić information content (AvgIpc) is 2.42. The fourth-order valence-electron chi connectivity index (χ4n) is 2.13. The second-order valence-corrected chi connectivity index (χ2v) is 8.20. The van der Waals surface area contributed by atoms with E-state index >= 15 is 0 Å². The van der Waals surface area contributed by atoms with E-state index in [0.717, 1.165) is 0 Å². The second-order valence-electron chi connectivity index (χ2n) is 4.40. The summed E-state index contributed by atoms with van der Waals surface area (Å²) in [6.07, 6.45) is 2.51. The average molecular weight is 274 g/mol. The molecule has 2 aromatic rings. The van der Waals surface area contributed by atoms with Crippen LogP contribution in [0.1, 0.15) is 19.8 Å². The molecule has 0 radical (unpaired) electrons. The molecule has 2 rings (SSSR count). The molecule has 2 unspecified atom stereocenters. The van der Waals surface area contributed by atoms with Crippen LogP contribution in [0, 0.1) is 0 Å². The fourth-order valence-corrected chi connectivity index (χ4v) is 6.07. The summed E-state index contributed by atoms with van der Waals surface area (Å²) in [6.45, 7) is 2.26. The van der Waals surface area contributed by atoms with E-state index in [4.69, 9.17) is 0 Å². The van der Waals surface area contributed by atoms with Crippen molar-refractivity contribution < 1.29 is 0 Å². The molecule has 0 aliphatic heterocycles. The zero-order valence-corrected chi connectivity index (χ0v) is 12.8. The summed E-state index contributed by atoms with van der Waals surface area (Å²) < 4.78 is 0. The van der Waals surface area contributed by atoms with Gasteiger partial charge in [-0.25, -0.2) is 0 Å². The van der Waals surface area contributed by atoms with Crippen molar-refractivity contribution in [3.05, 3.63) is 60.7 Å². The van der Waals surface area contributed by atoms with Crippen LogP contribution in [0.4, 0.5) is 0 Å². The summed E-state index contributed by atoms with van der Waals surface area (Å²) in [6, 6.07) is 21.9. The van der Waals surface area contributed by atoms with Crippen molar-refractivity contribution >= 4 is 27.8 Å². The first-order chi connectivity index (χ1) is 8.83. The molecule has 0 spiro atoms. The van der Waals surface area contributed by atoms with Crippen LogP contribution in [-0.4, -0.2) is 5.40 Å². The molecule has 0 heterocycles. The molecule has 0 N–H and O–H groups in total. The van der Waals surface area contributed by atoms with Gasteiger partial charge < -0.3 is 0 Å². The van der Waals surface area contributed by atoms with Gasteiger partial charge in [-0.05, 0) is 25.0 Å². The Kier molecular flexibility index (Phi) is 5.36. The number of hydrogen-bond donors (Lipinski definition) is 0. The van der Waals surface area contributed by atoms with Crippen molar-refractivity contribution in [2.75, 3.05) is 0 Å². The molecular weight excluding hydrogens is 254 g/mol. The third-order valence-corrected chi connectivity index (χ3v) is 6.84. The van der Waals surface area contributed by atoms with Crippen molar-refractivity contribution in [1.29, 1.82) is 0 Å². The highest BCUT2D eigenvalue weighted by molar-refractivity contribution is 7.78. The summed E-state index contributed by atoms with van der Waals surface area (Å²) in [4.78, 5) is 0. The summed E-state index contributed by atoms with van der Waals surface area (Å²) in [7, 11) is 2.81. The predicted octanol–water partition coefficient (Wildman–Crippen LogP) is 4.12. The topological polar surface area (TPSA) is 0 Å². The lowest BCUT2D eigenvalue weighted by Crippen LogP contribution is -2.17. The van der Waals surface area contributed by atoms with E-state index in [1.807, 2.05) is 0 Å². The van der Waals surface area contributed by atoms with Gasteiger partial charge in [0.1, 0.15) is 0 Å². The Morgan fingerprint density at radius 1 is 0.889 bits per heavy atom. The van der Waals surface area contributed by atoms with Crippen LogP contribution in [0.25, 0.3) is 0 Å². The normalized spacial score (nSPS) is 12.6. The number of benzene rings is 2. The highest BCUT2D eigenvalue weighted by Gasteiger charge is 2.19. The lowest BCUT2D eigenvalue weighted by Gasteiger charge is -2.25. The predicted molar refractivity (Wildman–Crippen MR) is 87.5 cm³/mol. The molecule has 18 heavy (non-hydrogen) atoms. The van der Waals surface area contributed by atoms with Gasteiger partial charge in [-0.2, -0.15) is 0 Å². The molecule has 94 valence electrons. The first kappa shape index (κ1) is 13.7. The third kappa shape index (κ3) is 3.41. The fraction of sp³-hybridized carbons (Fsp3) is 0.250. The zero-order valence-electron chi connectivity index (χ0n) is 10.8. The van der Waals surface area contributed by atoms with E-state index in [1.165, 1.54) is 23.5 Å². The Labute approximate surface area is 114 Å². The maximum Gasteiger partial charge on any atom is 0.00178 e. The van der Waals surface area contributed by atoms with Gasteiger partial charge in [-0.3, -0.25) is 0 Å². The summed E-state index contributed by atoms with van der Waals surface area (Å²) in [5.74, 6) is 0. The Balaban J connectivity index is 2.35. The van der Waals surface area contributed by atoms with Crippen LogP contribution < -0.4 is 10.6 Å². The molecule has 0 aliphatic rings. The van der Waals surface area contributed by atoms with Crippen molar-refractivity contribution in [2.45, 2.75) is 25.2 Å². The van der Waals surface area contributed by atoms with Gasteiger partial charge in [0.15, 0.2) is 0 Å². The van der Waals surface area contributed by atoms with Gasteiger partial charge in [-0.15, -0.1) is 9.24 Å². The molecule has 0 fully saturated rings. The molecule has 0 nitrogen and oxygen atoms in total. The van der Waals surface area contributed by atoms with Crippen molar-refractivity contribution in [3.8, 4) is 0 Å². The van der Waals surface area contributed by atoms with E-state index < -0.39 is 0 Å². The SMILES string of the molecule is CCCC(P)P(c1ccccc1)c1ccccc1.